The van der Waals surface area contributed by atoms with E-state index in [4.69, 9.17) is 5.11 Å². The third kappa shape index (κ3) is 2.84. The van der Waals surface area contributed by atoms with Crippen molar-refractivity contribution < 1.29 is 9.90 Å². The molecule has 0 spiro atoms. The predicted octanol–water partition coefficient (Wildman–Crippen LogP) is 1.03. The summed E-state index contributed by atoms with van der Waals surface area (Å²) in [4.78, 5) is 31.7. The van der Waals surface area contributed by atoms with Crippen LogP contribution in [0.25, 0.3) is 5.65 Å². The van der Waals surface area contributed by atoms with Crippen LogP contribution in [0.15, 0.2) is 17.1 Å². The van der Waals surface area contributed by atoms with Gasteiger partial charge in [-0.3, -0.25) is 14.7 Å². The van der Waals surface area contributed by atoms with Crippen molar-refractivity contribution in [1.82, 2.24) is 19.5 Å². The van der Waals surface area contributed by atoms with Gasteiger partial charge >= 0.3 is 0 Å². The molecule has 7 heteroatoms. The van der Waals surface area contributed by atoms with E-state index in [1.807, 2.05) is 4.90 Å². The van der Waals surface area contributed by atoms with Crippen LogP contribution in [-0.4, -0.2) is 49.2 Å². The summed E-state index contributed by atoms with van der Waals surface area (Å²) in [5.74, 6) is -0.0403. The summed E-state index contributed by atoms with van der Waals surface area (Å²) in [6, 6.07) is 1.73. The summed E-state index contributed by atoms with van der Waals surface area (Å²) in [7, 11) is 0. The van der Waals surface area contributed by atoms with Crippen LogP contribution in [0, 0.1) is 6.92 Å². The van der Waals surface area contributed by atoms with Gasteiger partial charge in [0.15, 0.2) is 5.65 Å². The lowest BCUT2D eigenvalue weighted by molar-refractivity contribution is -0.134. The molecule has 24 heavy (non-hydrogen) atoms. The Morgan fingerprint density at radius 3 is 3.04 bits per heavy atom. The number of aliphatic hydroxyl groups excluding tert-OH is 1. The number of likely N-dealkylation sites (tertiary alicyclic amines) is 1. The third-order valence-electron chi connectivity index (χ3n) is 5.10. The number of H-pyrrole nitrogens is 1. The van der Waals surface area contributed by atoms with Crippen molar-refractivity contribution in [1.29, 1.82) is 0 Å². The molecular weight excluding hydrogens is 308 g/mol. The first-order valence-electron chi connectivity index (χ1n) is 8.43. The number of carbonyl (C=O) groups excluding carboxylic acids is 1. The van der Waals surface area contributed by atoms with Crippen molar-refractivity contribution in [3.05, 3.63) is 33.9 Å². The Bertz CT molecular complexity index is 810. The van der Waals surface area contributed by atoms with Crippen molar-refractivity contribution >= 4 is 11.6 Å². The van der Waals surface area contributed by atoms with Crippen LogP contribution in [0.3, 0.4) is 0 Å². The number of aromatic nitrogens is 3. The molecule has 3 rings (SSSR count). The van der Waals surface area contributed by atoms with E-state index < -0.39 is 0 Å². The molecule has 1 aliphatic heterocycles. The van der Waals surface area contributed by atoms with Gasteiger partial charge in [-0.25, -0.2) is 9.50 Å². The number of aromatic amines is 1. The number of aliphatic hydroxyl groups is 1. The average Bonchev–Trinajstić information content (AvgIpc) is 3.16. The molecule has 1 fully saturated rings. The molecule has 2 aromatic heterocycles. The fraction of sp³-hybridized carbons (Fsp3) is 0.588. The van der Waals surface area contributed by atoms with Crippen LogP contribution < -0.4 is 5.56 Å². The SMILES string of the molecule is Cc1nc2cc[nH]n2c(=O)c1CC(=O)N1CCCC1(C)CCCO. The second-order valence-corrected chi connectivity index (χ2v) is 6.79. The molecule has 130 valence electrons. The highest BCUT2D eigenvalue weighted by molar-refractivity contribution is 5.80. The van der Waals surface area contributed by atoms with Crippen LogP contribution in [-0.2, 0) is 11.2 Å². The van der Waals surface area contributed by atoms with E-state index in [0.717, 1.165) is 19.3 Å². The van der Waals surface area contributed by atoms with E-state index in [1.54, 1.807) is 19.2 Å². The average molecular weight is 332 g/mol. The molecule has 0 saturated carbocycles. The Balaban J connectivity index is 1.86. The van der Waals surface area contributed by atoms with Gasteiger partial charge in [0, 0.05) is 42.2 Å². The molecule has 1 unspecified atom stereocenters. The molecule has 0 bridgehead atoms. The summed E-state index contributed by atoms with van der Waals surface area (Å²) in [5, 5.41) is 11.9. The number of amides is 1. The van der Waals surface area contributed by atoms with Gasteiger partial charge in [0.25, 0.3) is 5.56 Å². The van der Waals surface area contributed by atoms with E-state index in [1.165, 1.54) is 4.52 Å². The standard InChI is InChI=1S/C17H24N4O3/c1-12-13(16(24)21-14(19-12)5-8-18-21)11-15(23)20-9-3-6-17(20,2)7-4-10-22/h5,8,18,22H,3-4,6-7,9-11H2,1-2H3. The summed E-state index contributed by atoms with van der Waals surface area (Å²) in [5.41, 5.74) is 1.16. The molecule has 1 saturated heterocycles. The van der Waals surface area contributed by atoms with E-state index in [0.29, 0.717) is 29.9 Å². The van der Waals surface area contributed by atoms with Gasteiger partial charge in [0.1, 0.15) is 0 Å². The van der Waals surface area contributed by atoms with Gasteiger partial charge < -0.3 is 10.0 Å². The van der Waals surface area contributed by atoms with Crippen LogP contribution in [0.2, 0.25) is 0 Å². The van der Waals surface area contributed by atoms with Gasteiger partial charge in [-0.2, -0.15) is 0 Å². The minimum absolute atomic E-state index is 0.0403. The van der Waals surface area contributed by atoms with Crippen LogP contribution in [0.1, 0.15) is 43.9 Å². The largest absolute Gasteiger partial charge is 0.396 e. The Morgan fingerprint density at radius 1 is 1.50 bits per heavy atom. The van der Waals surface area contributed by atoms with Crippen molar-refractivity contribution in [2.75, 3.05) is 13.2 Å². The van der Waals surface area contributed by atoms with E-state index in [-0.39, 0.29) is 30.0 Å². The zero-order chi connectivity index (χ0) is 17.3. The summed E-state index contributed by atoms with van der Waals surface area (Å²) in [6.45, 7) is 4.68. The summed E-state index contributed by atoms with van der Waals surface area (Å²) in [6.07, 6.45) is 5.07. The number of carbonyl (C=O) groups is 1. The Labute approximate surface area is 140 Å². The minimum atomic E-state index is -0.228. The minimum Gasteiger partial charge on any atom is -0.396 e. The molecule has 3 heterocycles. The summed E-state index contributed by atoms with van der Waals surface area (Å²) < 4.78 is 1.37. The zero-order valence-electron chi connectivity index (χ0n) is 14.2. The highest BCUT2D eigenvalue weighted by Crippen LogP contribution is 2.33. The van der Waals surface area contributed by atoms with Gasteiger partial charge in [-0.1, -0.05) is 0 Å². The van der Waals surface area contributed by atoms with E-state index in [2.05, 4.69) is 17.0 Å². The first kappa shape index (κ1) is 16.7. The molecular formula is C17H24N4O3. The maximum atomic E-state index is 12.8. The first-order chi connectivity index (χ1) is 11.5. The first-order valence-corrected chi connectivity index (χ1v) is 8.43. The molecule has 0 aromatic carbocycles. The number of nitrogens with zero attached hydrogens (tertiary/aromatic N) is 3. The van der Waals surface area contributed by atoms with Crippen molar-refractivity contribution in [3.8, 4) is 0 Å². The Hall–Kier alpha value is -2.15. The van der Waals surface area contributed by atoms with Gasteiger partial charge in [-0.05, 0) is 39.5 Å². The fourth-order valence-electron chi connectivity index (χ4n) is 3.72. The zero-order valence-corrected chi connectivity index (χ0v) is 14.2. The Morgan fingerprint density at radius 2 is 2.29 bits per heavy atom. The highest BCUT2D eigenvalue weighted by Gasteiger charge is 2.39. The predicted molar refractivity (Wildman–Crippen MR) is 89.9 cm³/mol. The monoisotopic (exact) mass is 332 g/mol. The van der Waals surface area contributed by atoms with Crippen LogP contribution >= 0.6 is 0 Å². The lowest BCUT2D eigenvalue weighted by atomic mass is 9.92. The van der Waals surface area contributed by atoms with Crippen molar-refractivity contribution in [3.63, 3.8) is 0 Å². The van der Waals surface area contributed by atoms with Crippen LogP contribution in [0.5, 0.6) is 0 Å². The topological polar surface area (TPSA) is 90.7 Å². The normalized spacial score (nSPS) is 20.9. The lowest BCUT2D eigenvalue weighted by Gasteiger charge is -2.35. The van der Waals surface area contributed by atoms with E-state index in [9.17, 15) is 9.59 Å². The van der Waals surface area contributed by atoms with E-state index >= 15 is 0 Å². The molecule has 0 aliphatic carbocycles. The maximum Gasteiger partial charge on any atom is 0.276 e. The molecule has 7 nitrogen and oxygen atoms in total. The van der Waals surface area contributed by atoms with Crippen molar-refractivity contribution in [2.24, 2.45) is 0 Å². The molecule has 1 amide bonds. The molecule has 1 aliphatic rings. The second kappa shape index (κ2) is 6.39. The van der Waals surface area contributed by atoms with Crippen molar-refractivity contribution in [2.45, 2.75) is 51.5 Å². The lowest BCUT2D eigenvalue weighted by Crippen LogP contribution is -2.46. The number of aryl methyl sites for hydroxylation is 1. The smallest absolute Gasteiger partial charge is 0.276 e. The fourth-order valence-corrected chi connectivity index (χ4v) is 3.72. The van der Waals surface area contributed by atoms with Crippen LogP contribution in [0.4, 0.5) is 0 Å². The van der Waals surface area contributed by atoms with Gasteiger partial charge in [-0.15, -0.1) is 0 Å². The number of nitrogens with one attached hydrogen (secondary N) is 1. The third-order valence-corrected chi connectivity index (χ3v) is 5.10. The number of hydrogen-bond acceptors (Lipinski definition) is 4. The quantitative estimate of drug-likeness (QED) is 0.855. The van der Waals surface area contributed by atoms with Gasteiger partial charge in [0.05, 0.1) is 6.42 Å². The Kier molecular flexibility index (Phi) is 4.45. The van der Waals surface area contributed by atoms with Gasteiger partial charge in [0.2, 0.25) is 5.91 Å². The molecule has 1 atom stereocenters. The summed E-state index contributed by atoms with van der Waals surface area (Å²) >= 11 is 0. The molecule has 2 aromatic rings. The number of fused-ring (bicyclic) bond motifs is 1. The maximum absolute atomic E-state index is 12.8. The molecule has 0 radical (unpaired) electrons. The second-order valence-electron chi connectivity index (χ2n) is 6.79. The number of hydrogen-bond donors (Lipinski definition) is 2. The molecule has 2 N–H and O–H groups in total. The number of rotatable bonds is 5. The highest BCUT2D eigenvalue weighted by atomic mass is 16.3.